The lowest BCUT2D eigenvalue weighted by Crippen LogP contribution is -2.20. The van der Waals surface area contributed by atoms with Gasteiger partial charge in [-0.2, -0.15) is 0 Å². The summed E-state index contributed by atoms with van der Waals surface area (Å²) in [5.41, 5.74) is 0.916. The topological polar surface area (TPSA) is 63.4 Å². The van der Waals surface area contributed by atoms with Gasteiger partial charge < -0.3 is 5.11 Å². The maximum Gasteiger partial charge on any atom is 0.283 e. The maximum atomic E-state index is 10.8. The molecule has 1 aliphatic carbocycles. The largest absolute Gasteiger partial charge is 0.393 e. The molecule has 1 saturated carbocycles. The molecule has 0 spiro atoms. The molecule has 0 radical (unpaired) electrons. The second-order valence-corrected chi connectivity index (χ2v) is 5.52. The molecule has 0 amide bonds. The molecular formula is C12H14BrNO3. The van der Waals surface area contributed by atoms with E-state index in [1.807, 2.05) is 6.07 Å². The number of benzene rings is 1. The van der Waals surface area contributed by atoms with Crippen LogP contribution < -0.4 is 0 Å². The minimum Gasteiger partial charge on any atom is -0.393 e. The SMILES string of the molecule is CC(O)C1(Cc2cccc([N+](=O)[O-])c2Br)CC1. The van der Waals surface area contributed by atoms with Gasteiger partial charge in [0.25, 0.3) is 5.69 Å². The first-order valence-corrected chi connectivity index (χ1v) is 6.35. The average molecular weight is 300 g/mol. The van der Waals surface area contributed by atoms with Gasteiger partial charge in [0.1, 0.15) is 0 Å². The summed E-state index contributed by atoms with van der Waals surface area (Å²) in [6.07, 6.45) is 2.29. The number of nitro groups is 1. The zero-order valence-electron chi connectivity index (χ0n) is 9.52. The number of hydrogen-bond acceptors (Lipinski definition) is 3. The Morgan fingerprint density at radius 2 is 2.24 bits per heavy atom. The van der Waals surface area contributed by atoms with Gasteiger partial charge in [0, 0.05) is 11.5 Å². The highest BCUT2D eigenvalue weighted by Gasteiger charge is 2.47. The van der Waals surface area contributed by atoms with E-state index in [1.165, 1.54) is 6.07 Å². The molecule has 0 saturated heterocycles. The van der Waals surface area contributed by atoms with E-state index in [-0.39, 0.29) is 17.2 Å². The quantitative estimate of drug-likeness (QED) is 0.686. The van der Waals surface area contributed by atoms with Crippen molar-refractivity contribution in [1.82, 2.24) is 0 Å². The van der Waals surface area contributed by atoms with Crippen LogP contribution in [0.2, 0.25) is 0 Å². The zero-order valence-corrected chi connectivity index (χ0v) is 11.1. The standard InChI is InChI=1S/C12H14BrNO3/c1-8(15)12(5-6-12)7-9-3-2-4-10(11(9)13)14(16)17/h2-4,8,15H,5-7H2,1H3. The van der Waals surface area contributed by atoms with E-state index in [2.05, 4.69) is 15.9 Å². The second-order valence-electron chi connectivity index (χ2n) is 4.72. The van der Waals surface area contributed by atoms with E-state index >= 15 is 0 Å². The van der Waals surface area contributed by atoms with Gasteiger partial charge in [-0.3, -0.25) is 10.1 Å². The Labute approximate surface area is 108 Å². The molecule has 17 heavy (non-hydrogen) atoms. The molecule has 1 aromatic carbocycles. The summed E-state index contributed by atoms with van der Waals surface area (Å²) in [5.74, 6) is 0. The first kappa shape index (κ1) is 12.5. The molecule has 5 heteroatoms. The summed E-state index contributed by atoms with van der Waals surface area (Å²) >= 11 is 3.29. The highest BCUT2D eigenvalue weighted by atomic mass is 79.9. The molecular weight excluding hydrogens is 286 g/mol. The van der Waals surface area contributed by atoms with Crippen molar-refractivity contribution in [3.05, 3.63) is 38.3 Å². The number of rotatable bonds is 4. The number of hydrogen-bond donors (Lipinski definition) is 1. The summed E-state index contributed by atoms with van der Waals surface area (Å²) < 4.78 is 0.539. The molecule has 0 heterocycles. The summed E-state index contributed by atoms with van der Waals surface area (Å²) in [6, 6.07) is 5.05. The molecule has 0 aliphatic heterocycles. The first-order valence-electron chi connectivity index (χ1n) is 5.56. The highest BCUT2D eigenvalue weighted by molar-refractivity contribution is 9.10. The van der Waals surface area contributed by atoms with E-state index in [0.717, 1.165) is 18.4 Å². The molecule has 0 aromatic heterocycles. The Balaban J connectivity index is 2.28. The lowest BCUT2D eigenvalue weighted by Gasteiger charge is -2.19. The number of nitro benzene ring substituents is 1. The van der Waals surface area contributed by atoms with Gasteiger partial charge in [-0.05, 0) is 47.7 Å². The van der Waals surface area contributed by atoms with Crippen LogP contribution in [0.3, 0.4) is 0 Å². The van der Waals surface area contributed by atoms with E-state index in [0.29, 0.717) is 10.9 Å². The van der Waals surface area contributed by atoms with Gasteiger partial charge in [-0.15, -0.1) is 0 Å². The molecule has 1 N–H and O–H groups in total. The predicted octanol–water partition coefficient (Wildman–Crippen LogP) is 3.06. The third-order valence-electron chi connectivity index (χ3n) is 3.58. The van der Waals surface area contributed by atoms with E-state index in [4.69, 9.17) is 0 Å². The molecule has 1 aliphatic rings. The van der Waals surface area contributed by atoms with Crippen LogP contribution in [-0.2, 0) is 6.42 Å². The Hall–Kier alpha value is -0.940. The van der Waals surface area contributed by atoms with E-state index in [9.17, 15) is 15.2 Å². The Morgan fingerprint density at radius 3 is 2.71 bits per heavy atom. The number of aliphatic hydroxyl groups excluding tert-OH is 1. The molecule has 4 nitrogen and oxygen atoms in total. The lowest BCUT2D eigenvalue weighted by atomic mass is 9.91. The van der Waals surface area contributed by atoms with Crippen molar-refractivity contribution in [1.29, 1.82) is 0 Å². The van der Waals surface area contributed by atoms with Crippen LogP contribution in [0.25, 0.3) is 0 Å². The number of aliphatic hydroxyl groups is 1. The van der Waals surface area contributed by atoms with Crippen LogP contribution in [-0.4, -0.2) is 16.1 Å². The third-order valence-corrected chi connectivity index (χ3v) is 4.49. The van der Waals surface area contributed by atoms with Crippen LogP contribution in [0.4, 0.5) is 5.69 Å². The van der Waals surface area contributed by atoms with Crippen molar-refractivity contribution >= 4 is 21.6 Å². The minimum atomic E-state index is -0.393. The highest BCUT2D eigenvalue weighted by Crippen LogP contribution is 2.52. The first-order chi connectivity index (χ1) is 7.96. The van der Waals surface area contributed by atoms with Crippen molar-refractivity contribution in [2.75, 3.05) is 0 Å². The summed E-state index contributed by atoms with van der Waals surface area (Å²) in [6.45, 7) is 1.79. The summed E-state index contributed by atoms with van der Waals surface area (Å²) in [5, 5.41) is 20.5. The average Bonchev–Trinajstić information content (AvgIpc) is 3.02. The van der Waals surface area contributed by atoms with Gasteiger partial charge in [0.05, 0.1) is 15.5 Å². The van der Waals surface area contributed by atoms with Gasteiger partial charge >= 0.3 is 0 Å². The zero-order chi connectivity index (χ0) is 12.6. The summed E-state index contributed by atoms with van der Waals surface area (Å²) in [4.78, 5) is 10.4. The fourth-order valence-electron chi connectivity index (χ4n) is 2.13. The Morgan fingerprint density at radius 1 is 1.59 bits per heavy atom. The van der Waals surface area contributed by atoms with Crippen molar-refractivity contribution in [2.24, 2.45) is 5.41 Å². The van der Waals surface area contributed by atoms with Crippen LogP contribution in [0.15, 0.2) is 22.7 Å². The van der Waals surface area contributed by atoms with Crippen LogP contribution in [0.5, 0.6) is 0 Å². The molecule has 1 atom stereocenters. The van der Waals surface area contributed by atoms with E-state index in [1.54, 1.807) is 13.0 Å². The Bertz CT molecular complexity index is 455. The van der Waals surface area contributed by atoms with Crippen molar-refractivity contribution < 1.29 is 10.0 Å². The number of halogens is 1. The maximum absolute atomic E-state index is 10.8. The molecule has 1 unspecified atom stereocenters. The van der Waals surface area contributed by atoms with Crippen molar-refractivity contribution in [3.63, 3.8) is 0 Å². The van der Waals surface area contributed by atoms with Crippen molar-refractivity contribution in [3.8, 4) is 0 Å². The minimum absolute atomic E-state index is 0.0717. The normalized spacial score (nSPS) is 18.8. The fourth-order valence-corrected chi connectivity index (χ4v) is 2.68. The van der Waals surface area contributed by atoms with Gasteiger partial charge in [0.15, 0.2) is 0 Å². The fraction of sp³-hybridized carbons (Fsp3) is 0.500. The molecule has 0 bridgehead atoms. The molecule has 1 fully saturated rings. The smallest absolute Gasteiger partial charge is 0.283 e. The van der Waals surface area contributed by atoms with Crippen LogP contribution in [0, 0.1) is 15.5 Å². The predicted molar refractivity (Wildman–Crippen MR) is 67.8 cm³/mol. The molecule has 1 aromatic rings. The van der Waals surface area contributed by atoms with Gasteiger partial charge in [-0.1, -0.05) is 12.1 Å². The van der Waals surface area contributed by atoms with Crippen molar-refractivity contribution in [2.45, 2.75) is 32.3 Å². The van der Waals surface area contributed by atoms with Crippen LogP contribution >= 0.6 is 15.9 Å². The summed E-state index contributed by atoms with van der Waals surface area (Å²) in [7, 11) is 0. The lowest BCUT2D eigenvalue weighted by molar-refractivity contribution is -0.385. The monoisotopic (exact) mass is 299 g/mol. The van der Waals surface area contributed by atoms with E-state index < -0.39 is 4.92 Å². The van der Waals surface area contributed by atoms with Gasteiger partial charge in [-0.25, -0.2) is 0 Å². The Kier molecular flexibility index (Phi) is 3.23. The van der Waals surface area contributed by atoms with Crippen LogP contribution in [0.1, 0.15) is 25.3 Å². The van der Waals surface area contributed by atoms with Gasteiger partial charge in [0.2, 0.25) is 0 Å². The third kappa shape index (κ3) is 2.35. The number of nitrogens with zero attached hydrogens (tertiary/aromatic N) is 1. The molecule has 2 rings (SSSR count). The molecule has 92 valence electrons. The second kappa shape index (κ2) is 4.38.